The number of carbonyl (C=O) groups excluding carboxylic acids is 1. The fourth-order valence-corrected chi connectivity index (χ4v) is 2.01. The summed E-state index contributed by atoms with van der Waals surface area (Å²) in [4.78, 5) is 11.9. The van der Waals surface area contributed by atoms with Gasteiger partial charge in [-0.15, -0.1) is 0 Å². The molecular weight excluding hydrogens is 260 g/mol. The van der Waals surface area contributed by atoms with E-state index in [-0.39, 0.29) is 24.2 Å². The highest BCUT2D eigenvalue weighted by Crippen LogP contribution is 2.16. The van der Waals surface area contributed by atoms with Crippen molar-refractivity contribution in [2.75, 3.05) is 0 Å². The van der Waals surface area contributed by atoms with E-state index in [0.717, 1.165) is 17.7 Å². The van der Waals surface area contributed by atoms with Crippen molar-refractivity contribution in [2.24, 2.45) is 5.73 Å². The van der Waals surface area contributed by atoms with Gasteiger partial charge in [0.1, 0.15) is 17.4 Å². The Morgan fingerprint density at radius 1 is 1.10 bits per heavy atom. The van der Waals surface area contributed by atoms with Crippen LogP contribution in [0, 0.1) is 11.6 Å². The number of halogens is 2. The third kappa shape index (κ3) is 3.71. The SMILES string of the molecule is NC(CC(=O)Cc1ccc(F)cc1F)c1ccccc1. The van der Waals surface area contributed by atoms with Crippen LogP contribution < -0.4 is 5.73 Å². The minimum absolute atomic E-state index is 0.0767. The molecule has 0 saturated heterocycles. The molecule has 20 heavy (non-hydrogen) atoms. The first-order chi connectivity index (χ1) is 9.56. The average molecular weight is 275 g/mol. The molecule has 0 heterocycles. The van der Waals surface area contributed by atoms with Gasteiger partial charge in [0.2, 0.25) is 0 Å². The summed E-state index contributed by atoms with van der Waals surface area (Å²) < 4.78 is 26.2. The molecule has 2 nitrogen and oxygen atoms in total. The van der Waals surface area contributed by atoms with Crippen molar-refractivity contribution in [1.29, 1.82) is 0 Å². The van der Waals surface area contributed by atoms with Crippen molar-refractivity contribution >= 4 is 5.78 Å². The first-order valence-corrected chi connectivity index (χ1v) is 6.32. The zero-order valence-corrected chi connectivity index (χ0v) is 10.9. The molecular formula is C16H15F2NO. The lowest BCUT2D eigenvalue weighted by Gasteiger charge is -2.11. The van der Waals surface area contributed by atoms with Crippen molar-refractivity contribution in [3.8, 4) is 0 Å². The predicted octanol–water partition coefficient (Wildman–Crippen LogP) is 3.17. The number of rotatable bonds is 5. The topological polar surface area (TPSA) is 43.1 Å². The van der Waals surface area contributed by atoms with E-state index in [9.17, 15) is 13.6 Å². The summed E-state index contributed by atoms with van der Waals surface area (Å²) in [6.07, 6.45) is 0.0491. The van der Waals surface area contributed by atoms with Crippen LogP contribution in [0.15, 0.2) is 48.5 Å². The van der Waals surface area contributed by atoms with Gasteiger partial charge in [0.05, 0.1) is 0 Å². The minimum atomic E-state index is -0.702. The summed E-state index contributed by atoms with van der Waals surface area (Å²) >= 11 is 0. The highest BCUT2D eigenvalue weighted by Gasteiger charge is 2.14. The summed E-state index contributed by atoms with van der Waals surface area (Å²) in [5.74, 6) is -1.53. The third-order valence-electron chi connectivity index (χ3n) is 3.08. The first kappa shape index (κ1) is 14.3. The van der Waals surface area contributed by atoms with Gasteiger partial charge in [-0.2, -0.15) is 0 Å². The quantitative estimate of drug-likeness (QED) is 0.910. The van der Waals surface area contributed by atoms with E-state index in [0.29, 0.717) is 0 Å². The smallest absolute Gasteiger partial charge is 0.139 e. The number of Topliss-reactive ketones (excluding diaryl/α,β-unsaturated/α-hetero) is 1. The van der Waals surface area contributed by atoms with E-state index in [4.69, 9.17) is 5.73 Å². The zero-order valence-electron chi connectivity index (χ0n) is 10.9. The van der Waals surface area contributed by atoms with Gasteiger partial charge in [-0.05, 0) is 17.2 Å². The second-order valence-electron chi connectivity index (χ2n) is 4.67. The molecule has 2 aromatic rings. The molecule has 0 aliphatic rings. The number of carbonyl (C=O) groups is 1. The van der Waals surface area contributed by atoms with Crippen LogP contribution in [0.4, 0.5) is 8.78 Å². The second kappa shape index (κ2) is 6.39. The van der Waals surface area contributed by atoms with E-state index < -0.39 is 17.7 Å². The van der Waals surface area contributed by atoms with E-state index >= 15 is 0 Å². The summed E-state index contributed by atoms with van der Waals surface area (Å²) in [7, 11) is 0. The number of hydrogen-bond donors (Lipinski definition) is 1. The lowest BCUT2D eigenvalue weighted by molar-refractivity contribution is -0.118. The van der Waals surface area contributed by atoms with Crippen molar-refractivity contribution in [2.45, 2.75) is 18.9 Å². The van der Waals surface area contributed by atoms with E-state index in [1.807, 2.05) is 30.3 Å². The molecule has 2 aromatic carbocycles. The van der Waals surface area contributed by atoms with Crippen molar-refractivity contribution in [3.63, 3.8) is 0 Å². The molecule has 0 radical (unpaired) electrons. The van der Waals surface area contributed by atoms with E-state index in [1.54, 1.807) is 0 Å². The summed E-state index contributed by atoms with van der Waals surface area (Å²) in [5.41, 5.74) is 6.99. The summed E-state index contributed by atoms with van der Waals surface area (Å²) in [6.45, 7) is 0. The molecule has 1 atom stereocenters. The predicted molar refractivity (Wildman–Crippen MR) is 73.1 cm³/mol. The molecule has 1 unspecified atom stereocenters. The van der Waals surface area contributed by atoms with Gasteiger partial charge >= 0.3 is 0 Å². The fraction of sp³-hybridized carbons (Fsp3) is 0.188. The second-order valence-corrected chi connectivity index (χ2v) is 4.67. The molecule has 0 bridgehead atoms. The van der Waals surface area contributed by atoms with Crippen LogP contribution in [0.25, 0.3) is 0 Å². The highest BCUT2D eigenvalue weighted by molar-refractivity contribution is 5.81. The Bertz CT molecular complexity index is 599. The van der Waals surface area contributed by atoms with Gasteiger partial charge < -0.3 is 5.73 Å². The van der Waals surface area contributed by atoms with E-state index in [2.05, 4.69) is 0 Å². The van der Waals surface area contributed by atoms with Gasteiger partial charge in [-0.1, -0.05) is 36.4 Å². The van der Waals surface area contributed by atoms with Crippen molar-refractivity contribution in [3.05, 3.63) is 71.3 Å². The lowest BCUT2D eigenvalue weighted by Crippen LogP contribution is -2.17. The number of hydrogen-bond acceptors (Lipinski definition) is 2. The molecule has 0 fully saturated rings. The van der Waals surface area contributed by atoms with Crippen LogP contribution in [0.3, 0.4) is 0 Å². The average Bonchev–Trinajstić information content (AvgIpc) is 2.43. The van der Waals surface area contributed by atoms with Crippen LogP contribution in [0.2, 0.25) is 0 Å². The maximum absolute atomic E-state index is 13.4. The molecule has 104 valence electrons. The molecule has 4 heteroatoms. The van der Waals surface area contributed by atoms with Crippen LogP contribution in [-0.4, -0.2) is 5.78 Å². The number of benzene rings is 2. The monoisotopic (exact) mass is 275 g/mol. The first-order valence-electron chi connectivity index (χ1n) is 6.32. The Morgan fingerprint density at radius 3 is 2.45 bits per heavy atom. The molecule has 0 spiro atoms. The zero-order chi connectivity index (χ0) is 14.5. The highest BCUT2D eigenvalue weighted by atomic mass is 19.1. The molecule has 0 aromatic heterocycles. The molecule has 0 aliphatic carbocycles. The van der Waals surface area contributed by atoms with Gasteiger partial charge in [-0.25, -0.2) is 8.78 Å². The Hall–Kier alpha value is -2.07. The van der Waals surface area contributed by atoms with Crippen molar-refractivity contribution in [1.82, 2.24) is 0 Å². The van der Waals surface area contributed by atoms with Crippen LogP contribution in [0.1, 0.15) is 23.6 Å². The Balaban J connectivity index is 1.99. The Labute approximate surface area is 116 Å². The largest absolute Gasteiger partial charge is 0.324 e. The van der Waals surface area contributed by atoms with Crippen molar-refractivity contribution < 1.29 is 13.6 Å². The molecule has 0 saturated carbocycles. The van der Waals surface area contributed by atoms with Crippen LogP contribution >= 0.6 is 0 Å². The van der Waals surface area contributed by atoms with Gasteiger partial charge in [0.15, 0.2) is 0 Å². The van der Waals surface area contributed by atoms with Crippen LogP contribution in [0.5, 0.6) is 0 Å². The fourth-order valence-electron chi connectivity index (χ4n) is 2.01. The molecule has 2 N–H and O–H groups in total. The molecule has 0 aliphatic heterocycles. The maximum atomic E-state index is 13.4. The van der Waals surface area contributed by atoms with Crippen LogP contribution in [-0.2, 0) is 11.2 Å². The lowest BCUT2D eigenvalue weighted by atomic mass is 9.98. The van der Waals surface area contributed by atoms with Gasteiger partial charge in [-0.3, -0.25) is 4.79 Å². The molecule has 2 rings (SSSR count). The normalized spacial score (nSPS) is 12.2. The number of nitrogens with two attached hydrogens (primary N) is 1. The van der Waals surface area contributed by atoms with Gasteiger partial charge in [0, 0.05) is 24.9 Å². The summed E-state index contributed by atoms with van der Waals surface area (Å²) in [6, 6.07) is 12.0. The van der Waals surface area contributed by atoms with Gasteiger partial charge in [0.25, 0.3) is 0 Å². The summed E-state index contributed by atoms with van der Waals surface area (Å²) in [5, 5.41) is 0. The Morgan fingerprint density at radius 2 is 1.80 bits per heavy atom. The molecule has 0 amide bonds. The van der Waals surface area contributed by atoms with E-state index in [1.165, 1.54) is 6.07 Å². The number of ketones is 1. The minimum Gasteiger partial charge on any atom is -0.324 e. The maximum Gasteiger partial charge on any atom is 0.139 e. The Kier molecular flexibility index (Phi) is 4.58. The standard InChI is InChI=1S/C16H15F2NO/c17-13-7-6-12(15(18)9-13)8-14(20)10-16(19)11-4-2-1-3-5-11/h1-7,9,16H,8,10,19H2. The third-order valence-corrected chi connectivity index (χ3v) is 3.08.